The zero-order chi connectivity index (χ0) is 19.9. The van der Waals surface area contributed by atoms with E-state index in [0.29, 0.717) is 11.8 Å². The van der Waals surface area contributed by atoms with Crippen LogP contribution in [0.3, 0.4) is 0 Å². The summed E-state index contributed by atoms with van der Waals surface area (Å²) in [6.45, 7) is 29.3. The minimum atomic E-state index is -0.0858. The second-order valence-corrected chi connectivity index (χ2v) is 9.80. The van der Waals surface area contributed by atoms with Crippen LogP contribution in [0.25, 0.3) is 0 Å². The summed E-state index contributed by atoms with van der Waals surface area (Å²) in [7, 11) is 0. The molecule has 0 aromatic heterocycles. The van der Waals surface area contributed by atoms with E-state index in [1.165, 1.54) is 0 Å². The molecule has 24 heavy (non-hydrogen) atoms. The molecule has 1 amide bonds. The highest BCUT2D eigenvalue weighted by Gasteiger charge is 2.37. The minimum Gasteiger partial charge on any atom is -0.338 e. The fourth-order valence-electron chi connectivity index (χ4n) is 2.43. The van der Waals surface area contributed by atoms with E-state index in [1.54, 1.807) is 6.92 Å². The van der Waals surface area contributed by atoms with E-state index in [4.69, 9.17) is 0 Å². The highest BCUT2D eigenvalue weighted by molar-refractivity contribution is 5.74. The lowest BCUT2D eigenvalue weighted by Crippen LogP contribution is -2.50. The number of rotatable bonds is 7. The Kier molecular flexibility index (Phi) is 10.5. The smallest absolute Gasteiger partial charge is 0.219 e. The van der Waals surface area contributed by atoms with Gasteiger partial charge >= 0.3 is 0 Å². The van der Waals surface area contributed by atoms with Crippen LogP contribution in [0.1, 0.15) is 103 Å². The topological polar surface area (TPSA) is 20.3 Å². The molecular weight excluding hydrogens is 294 g/mol. The van der Waals surface area contributed by atoms with Gasteiger partial charge in [0.25, 0.3) is 0 Å². The van der Waals surface area contributed by atoms with Gasteiger partial charge in [-0.15, -0.1) is 0 Å². The number of nitrogens with zero attached hydrogens (tertiary/aromatic N) is 1. The molecule has 2 nitrogen and oxygen atoms in total. The maximum absolute atomic E-state index is 12.2. The second-order valence-electron chi connectivity index (χ2n) is 9.80. The molecule has 0 rings (SSSR count). The van der Waals surface area contributed by atoms with Gasteiger partial charge in [-0.1, -0.05) is 69.2 Å². The van der Waals surface area contributed by atoms with Gasteiger partial charge in [-0.25, -0.2) is 0 Å². The molecule has 0 bridgehead atoms. The third kappa shape index (κ3) is 8.03. The maximum Gasteiger partial charge on any atom is 0.219 e. The van der Waals surface area contributed by atoms with E-state index in [-0.39, 0.29) is 22.3 Å². The van der Waals surface area contributed by atoms with Crippen LogP contribution in [-0.2, 0) is 4.79 Å². The van der Waals surface area contributed by atoms with Crippen molar-refractivity contribution in [2.24, 2.45) is 22.7 Å². The van der Waals surface area contributed by atoms with Gasteiger partial charge in [0.15, 0.2) is 0 Å². The van der Waals surface area contributed by atoms with Crippen molar-refractivity contribution >= 4 is 5.91 Å². The van der Waals surface area contributed by atoms with E-state index in [9.17, 15) is 4.79 Å². The summed E-state index contributed by atoms with van der Waals surface area (Å²) in [6, 6.07) is 0. The summed E-state index contributed by atoms with van der Waals surface area (Å²) in [4.78, 5) is 14.3. The maximum atomic E-state index is 12.2. The second kappa shape index (κ2) is 9.82. The van der Waals surface area contributed by atoms with Crippen LogP contribution in [0.2, 0.25) is 0 Å². The first kappa shape index (κ1) is 25.7. The predicted octanol–water partition coefficient (Wildman–Crippen LogP) is 6.78. The summed E-state index contributed by atoms with van der Waals surface area (Å²) in [5.74, 6) is 1.33. The Bertz CT molecular complexity index is 361. The number of hydrogen-bond donors (Lipinski definition) is 0. The van der Waals surface area contributed by atoms with Gasteiger partial charge in [-0.3, -0.25) is 4.79 Å². The predicted molar refractivity (Wildman–Crippen MR) is 109 cm³/mol. The molecule has 0 saturated carbocycles. The lowest BCUT2D eigenvalue weighted by atomic mass is 9.65. The number of hydrogen-bond acceptors (Lipinski definition) is 1. The van der Waals surface area contributed by atoms with E-state index in [0.717, 1.165) is 19.4 Å². The molecule has 0 aromatic rings. The van der Waals surface area contributed by atoms with Crippen LogP contribution in [0.5, 0.6) is 0 Å². The van der Waals surface area contributed by atoms with Crippen molar-refractivity contribution < 1.29 is 4.79 Å². The van der Waals surface area contributed by atoms with E-state index < -0.39 is 0 Å². The van der Waals surface area contributed by atoms with Crippen LogP contribution in [0, 0.1) is 22.7 Å². The average Bonchev–Trinajstić information content (AvgIpc) is 2.42. The van der Waals surface area contributed by atoms with Crippen LogP contribution >= 0.6 is 0 Å². The normalized spacial score (nSPS) is 14.1. The zero-order valence-corrected chi connectivity index (χ0v) is 19.1. The Morgan fingerprint density at radius 3 is 1.58 bits per heavy atom. The molecule has 0 radical (unpaired) electrons. The number of amides is 1. The zero-order valence-electron chi connectivity index (χ0n) is 19.1. The minimum absolute atomic E-state index is 0.0858. The summed E-state index contributed by atoms with van der Waals surface area (Å²) >= 11 is 0. The molecule has 1 unspecified atom stereocenters. The van der Waals surface area contributed by atoms with Crippen molar-refractivity contribution in [2.45, 2.75) is 108 Å². The summed E-state index contributed by atoms with van der Waals surface area (Å²) < 4.78 is 0. The lowest BCUT2D eigenvalue weighted by molar-refractivity contribution is -0.135. The monoisotopic (exact) mass is 341 g/mol. The molecule has 1 atom stereocenters. The molecule has 2 heteroatoms. The molecule has 0 heterocycles. The molecule has 0 fully saturated rings. The molecule has 0 aromatic carbocycles. The first-order valence-electron chi connectivity index (χ1n) is 9.90. The Morgan fingerprint density at radius 2 is 1.29 bits per heavy atom. The Morgan fingerprint density at radius 1 is 0.875 bits per heavy atom. The van der Waals surface area contributed by atoms with Crippen molar-refractivity contribution in [3.05, 3.63) is 0 Å². The van der Waals surface area contributed by atoms with Gasteiger partial charge in [-0.2, -0.15) is 0 Å². The average molecular weight is 342 g/mol. The molecule has 0 aliphatic rings. The molecule has 0 saturated heterocycles. The molecule has 0 aliphatic heterocycles. The van der Waals surface area contributed by atoms with E-state index >= 15 is 0 Å². The quantitative estimate of drug-likeness (QED) is 0.499. The van der Waals surface area contributed by atoms with Gasteiger partial charge in [0.1, 0.15) is 0 Å². The van der Waals surface area contributed by atoms with Crippen molar-refractivity contribution in [1.82, 2.24) is 4.90 Å². The van der Waals surface area contributed by atoms with Crippen LogP contribution in [-0.4, -0.2) is 22.9 Å². The first-order valence-corrected chi connectivity index (χ1v) is 9.90. The third-order valence-electron chi connectivity index (χ3n) is 6.11. The lowest BCUT2D eigenvalue weighted by Gasteiger charge is -2.45. The van der Waals surface area contributed by atoms with Crippen molar-refractivity contribution in [3.8, 4) is 0 Å². The largest absolute Gasteiger partial charge is 0.338 e. The van der Waals surface area contributed by atoms with Gasteiger partial charge < -0.3 is 4.90 Å². The third-order valence-corrected chi connectivity index (χ3v) is 6.11. The Hall–Kier alpha value is -0.530. The van der Waals surface area contributed by atoms with Crippen molar-refractivity contribution in [2.75, 3.05) is 6.54 Å². The number of carbonyl (C=O) groups excluding carboxylic acids is 1. The van der Waals surface area contributed by atoms with Crippen molar-refractivity contribution in [3.63, 3.8) is 0 Å². The van der Waals surface area contributed by atoms with Crippen LogP contribution in [0.4, 0.5) is 0 Å². The van der Waals surface area contributed by atoms with Gasteiger partial charge in [0, 0.05) is 19.0 Å². The van der Waals surface area contributed by atoms with Crippen LogP contribution < -0.4 is 0 Å². The van der Waals surface area contributed by atoms with Gasteiger partial charge in [0.2, 0.25) is 5.91 Å². The highest BCUT2D eigenvalue weighted by atomic mass is 16.2. The van der Waals surface area contributed by atoms with Gasteiger partial charge in [-0.05, 0) is 49.4 Å². The van der Waals surface area contributed by atoms with Crippen LogP contribution in [0.15, 0.2) is 0 Å². The summed E-state index contributed by atoms with van der Waals surface area (Å²) in [6.07, 6.45) is 2.17. The Balaban J connectivity index is 0. The molecular formula is C22H47NO. The Labute approximate surface area is 153 Å². The van der Waals surface area contributed by atoms with Crippen molar-refractivity contribution in [1.29, 1.82) is 0 Å². The first-order chi connectivity index (χ1) is 10.6. The fourth-order valence-corrected chi connectivity index (χ4v) is 2.43. The van der Waals surface area contributed by atoms with E-state index in [2.05, 4.69) is 74.1 Å². The molecule has 146 valence electrons. The SMILES string of the molecule is CC.CC(=O)N(CC(C)C(C)C)C(C)(C)CCC(C)(C)C(C)(C)C. The number of carbonyl (C=O) groups is 1. The molecule has 0 aliphatic carbocycles. The fraction of sp³-hybridized carbons (Fsp3) is 0.955. The summed E-state index contributed by atoms with van der Waals surface area (Å²) in [5.41, 5.74) is 0.448. The standard InChI is InChI=1S/C20H41NO.C2H6/c1-15(2)16(3)14-21(17(4)22)20(10,11)13-12-19(8,9)18(5,6)7;1-2/h15-16H,12-14H2,1-11H3;1-2H3. The highest BCUT2D eigenvalue weighted by Crippen LogP contribution is 2.43. The molecule has 0 N–H and O–H groups in total. The summed E-state index contributed by atoms with van der Waals surface area (Å²) in [5, 5.41) is 0. The van der Waals surface area contributed by atoms with E-state index in [1.807, 2.05) is 13.8 Å². The molecule has 0 spiro atoms. The van der Waals surface area contributed by atoms with Gasteiger partial charge in [0.05, 0.1) is 0 Å².